The molecule has 0 spiro atoms. The molecule has 2 aromatic rings. The lowest BCUT2D eigenvalue weighted by Crippen LogP contribution is -2.50. The number of hydrogen-bond acceptors (Lipinski definition) is 4. The van der Waals surface area contributed by atoms with Crippen molar-refractivity contribution in [3.8, 4) is 5.75 Å². The first kappa shape index (κ1) is 22.2. The largest absolute Gasteiger partial charge is 0.493 e. The van der Waals surface area contributed by atoms with Crippen molar-refractivity contribution in [2.45, 2.75) is 20.8 Å². The first-order chi connectivity index (χ1) is 14.4. The van der Waals surface area contributed by atoms with Crippen LogP contribution in [-0.4, -0.2) is 49.5 Å². The quantitative estimate of drug-likeness (QED) is 0.674. The second-order valence-corrected chi connectivity index (χ2v) is 8.37. The second kappa shape index (κ2) is 9.98. The zero-order valence-electron chi connectivity index (χ0n) is 17.7. The normalized spacial score (nSPS) is 14.0. The average molecular weight is 474 g/mol. The zero-order chi connectivity index (χ0) is 21.7. The molecule has 1 fully saturated rings. The fraction of sp³-hybridized carbons (Fsp3) is 0.391. The van der Waals surface area contributed by atoms with Gasteiger partial charge in [-0.05, 0) is 53.2 Å². The minimum absolute atomic E-state index is 0.0107. The third kappa shape index (κ3) is 5.14. The van der Waals surface area contributed by atoms with Crippen LogP contribution in [0.1, 0.15) is 31.1 Å². The minimum atomic E-state index is -0.181. The van der Waals surface area contributed by atoms with Crippen LogP contribution < -0.4 is 15.0 Å². The molecule has 7 heteroatoms. The second-order valence-electron chi connectivity index (χ2n) is 7.52. The summed E-state index contributed by atoms with van der Waals surface area (Å²) in [7, 11) is 0. The van der Waals surface area contributed by atoms with Gasteiger partial charge in [-0.25, -0.2) is 0 Å². The van der Waals surface area contributed by atoms with Gasteiger partial charge in [-0.15, -0.1) is 0 Å². The standard InChI is InChI=1S/C23H28BrN3O3/c1-4-30-21-10-9-17(15-18(21)24)22(28)25-19-7-5-6-8-20(19)26-11-13-27(14-12-26)23(29)16(2)3/h5-10,15-16H,4,11-14H2,1-3H3,(H,25,28). The molecule has 3 rings (SSSR count). The third-order valence-electron chi connectivity index (χ3n) is 5.07. The number of nitrogens with zero attached hydrogens (tertiary/aromatic N) is 2. The van der Waals surface area contributed by atoms with Crippen LogP contribution in [0.5, 0.6) is 5.75 Å². The van der Waals surface area contributed by atoms with Gasteiger partial charge in [-0.1, -0.05) is 26.0 Å². The summed E-state index contributed by atoms with van der Waals surface area (Å²) >= 11 is 3.46. The molecule has 0 atom stereocenters. The van der Waals surface area contributed by atoms with Gasteiger partial charge in [0, 0.05) is 37.7 Å². The van der Waals surface area contributed by atoms with Crippen LogP contribution in [0.15, 0.2) is 46.9 Å². The van der Waals surface area contributed by atoms with E-state index in [1.54, 1.807) is 18.2 Å². The highest BCUT2D eigenvalue weighted by atomic mass is 79.9. The molecule has 0 radical (unpaired) electrons. The Morgan fingerprint density at radius 1 is 1.10 bits per heavy atom. The fourth-order valence-corrected chi connectivity index (χ4v) is 3.99. The van der Waals surface area contributed by atoms with Gasteiger partial charge in [-0.3, -0.25) is 9.59 Å². The van der Waals surface area contributed by atoms with Crippen LogP contribution in [0.2, 0.25) is 0 Å². The molecule has 0 bridgehead atoms. The molecule has 0 saturated carbocycles. The lowest BCUT2D eigenvalue weighted by Gasteiger charge is -2.37. The molecular formula is C23H28BrN3O3. The number of ether oxygens (including phenoxy) is 1. The van der Waals surface area contributed by atoms with E-state index in [-0.39, 0.29) is 17.7 Å². The number of carbonyl (C=O) groups excluding carboxylic acids is 2. The van der Waals surface area contributed by atoms with Crippen molar-refractivity contribution in [3.05, 3.63) is 52.5 Å². The lowest BCUT2D eigenvalue weighted by atomic mass is 10.1. The van der Waals surface area contributed by atoms with Gasteiger partial charge < -0.3 is 19.9 Å². The van der Waals surface area contributed by atoms with Crippen LogP contribution in [0.25, 0.3) is 0 Å². The Balaban J connectivity index is 1.71. The average Bonchev–Trinajstić information content (AvgIpc) is 2.75. The summed E-state index contributed by atoms with van der Waals surface area (Å²) in [6, 6.07) is 13.1. The highest BCUT2D eigenvalue weighted by Gasteiger charge is 2.24. The van der Waals surface area contributed by atoms with E-state index in [0.717, 1.165) is 28.9 Å². The Labute approximate surface area is 186 Å². The van der Waals surface area contributed by atoms with Crippen LogP contribution in [-0.2, 0) is 4.79 Å². The molecule has 6 nitrogen and oxygen atoms in total. The molecule has 1 aliphatic rings. The van der Waals surface area contributed by atoms with Gasteiger partial charge in [0.1, 0.15) is 5.75 Å². The van der Waals surface area contributed by atoms with Crippen molar-refractivity contribution >= 4 is 39.1 Å². The van der Waals surface area contributed by atoms with Gasteiger partial charge in [0.15, 0.2) is 0 Å². The summed E-state index contributed by atoms with van der Waals surface area (Å²) in [6.07, 6.45) is 0. The SMILES string of the molecule is CCOc1ccc(C(=O)Nc2ccccc2N2CCN(C(=O)C(C)C)CC2)cc1Br. The minimum Gasteiger partial charge on any atom is -0.493 e. The van der Waals surface area contributed by atoms with Crippen molar-refractivity contribution < 1.29 is 14.3 Å². The van der Waals surface area contributed by atoms with Crippen molar-refractivity contribution in [1.29, 1.82) is 0 Å². The monoisotopic (exact) mass is 473 g/mol. The van der Waals surface area contributed by atoms with E-state index in [1.807, 2.05) is 49.9 Å². The Bertz CT molecular complexity index is 908. The Morgan fingerprint density at radius 3 is 2.43 bits per heavy atom. The van der Waals surface area contributed by atoms with E-state index < -0.39 is 0 Å². The number of piperazine rings is 1. The van der Waals surface area contributed by atoms with Crippen molar-refractivity contribution in [3.63, 3.8) is 0 Å². The molecule has 2 aromatic carbocycles. The molecular weight excluding hydrogens is 446 g/mol. The van der Waals surface area contributed by atoms with E-state index in [2.05, 4.69) is 26.1 Å². The molecule has 1 N–H and O–H groups in total. The van der Waals surface area contributed by atoms with Gasteiger partial charge in [0.05, 0.1) is 22.5 Å². The predicted octanol–water partition coefficient (Wildman–Crippen LogP) is 4.40. The first-order valence-electron chi connectivity index (χ1n) is 10.3. The molecule has 160 valence electrons. The molecule has 1 heterocycles. The predicted molar refractivity (Wildman–Crippen MR) is 123 cm³/mol. The summed E-state index contributed by atoms with van der Waals surface area (Å²) in [5.41, 5.74) is 2.27. The maximum atomic E-state index is 12.8. The number of anilines is 2. The summed E-state index contributed by atoms with van der Waals surface area (Å²) in [6.45, 7) is 9.18. The fourth-order valence-electron chi connectivity index (χ4n) is 3.50. The summed E-state index contributed by atoms with van der Waals surface area (Å²) in [4.78, 5) is 29.2. The molecule has 0 aliphatic carbocycles. The van der Waals surface area contributed by atoms with Gasteiger partial charge in [0.2, 0.25) is 5.91 Å². The van der Waals surface area contributed by atoms with E-state index >= 15 is 0 Å². The number of hydrogen-bond donors (Lipinski definition) is 1. The number of para-hydroxylation sites is 2. The van der Waals surface area contributed by atoms with Crippen LogP contribution in [0, 0.1) is 5.92 Å². The van der Waals surface area contributed by atoms with Crippen LogP contribution in [0.4, 0.5) is 11.4 Å². The molecule has 2 amide bonds. The lowest BCUT2D eigenvalue weighted by molar-refractivity contribution is -0.134. The topological polar surface area (TPSA) is 61.9 Å². The van der Waals surface area contributed by atoms with Gasteiger partial charge in [0.25, 0.3) is 5.91 Å². The Morgan fingerprint density at radius 2 is 1.80 bits per heavy atom. The molecule has 1 aliphatic heterocycles. The molecule has 1 saturated heterocycles. The third-order valence-corrected chi connectivity index (χ3v) is 5.69. The van der Waals surface area contributed by atoms with Crippen molar-refractivity contribution in [2.24, 2.45) is 5.92 Å². The number of benzene rings is 2. The van der Waals surface area contributed by atoms with E-state index in [9.17, 15) is 9.59 Å². The highest BCUT2D eigenvalue weighted by molar-refractivity contribution is 9.10. The number of nitrogens with one attached hydrogen (secondary N) is 1. The maximum absolute atomic E-state index is 12.8. The van der Waals surface area contributed by atoms with Crippen molar-refractivity contribution in [1.82, 2.24) is 4.90 Å². The Kier molecular flexibility index (Phi) is 7.37. The molecule has 30 heavy (non-hydrogen) atoms. The number of carbonyl (C=O) groups is 2. The smallest absolute Gasteiger partial charge is 0.255 e. The zero-order valence-corrected chi connectivity index (χ0v) is 19.2. The number of halogens is 1. The summed E-state index contributed by atoms with van der Waals surface area (Å²) < 4.78 is 6.26. The maximum Gasteiger partial charge on any atom is 0.255 e. The number of rotatable bonds is 6. The van der Waals surface area contributed by atoms with E-state index in [1.165, 1.54) is 0 Å². The summed E-state index contributed by atoms with van der Waals surface area (Å²) in [5, 5.41) is 3.03. The first-order valence-corrected chi connectivity index (χ1v) is 11.1. The van der Waals surface area contributed by atoms with E-state index in [4.69, 9.17) is 4.74 Å². The van der Waals surface area contributed by atoms with E-state index in [0.29, 0.717) is 31.0 Å². The molecule has 0 aromatic heterocycles. The Hall–Kier alpha value is -2.54. The molecule has 0 unspecified atom stereocenters. The number of amides is 2. The van der Waals surface area contributed by atoms with Crippen LogP contribution >= 0.6 is 15.9 Å². The highest BCUT2D eigenvalue weighted by Crippen LogP contribution is 2.29. The van der Waals surface area contributed by atoms with Gasteiger partial charge in [-0.2, -0.15) is 0 Å². The summed E-state index contributed by atoms with van der Waals surface area (Å²) in [5.74, 6) is 0.733. The van der Waals surface area contributed by atoms with Gasteiger partial charge >= 0.3 is 0 Å². The van der Waals surface area contributed by atoms with Crippen molar-refractivity contribution in [2.75, 3.05) is 43.0 Å². The van der Waals surface area contributed by atoms with Crippen LogP contribution in [0.3, 0.4) is 0 Å².